The Kier molecular flexibility index (Phi) is 8.35. The predicted octanol–water partition coefficient (Wildman–Crippen LogP) is 1.52. The highest BCUT2D eigenvalue weighted by molar-refractivity contribution is 5.81. The molecule has 0 aromatic heterocycles. The molecular weight excluding hydrogens is 266 g/mol. The number of hydrogen-bond acceptors (Lipinski definition) is 3. The van der Waals surface area contributed by atoms with Crippen LogP contribution in [0, 0.1) is 11.8 Å². The van der Waals surface area contributed by atoms with Crippen LogP contribution < -0.4 is 11.1 Å². The van der Waals surface area contributed by atoms with E-state index in [4.69, 9.17) is 5.73 Å². The fourth-order valence-electron chi connectivity index (χ4n) is 2.84. The van der Waals surface area contributed by atoms with E-state index in [1.165, 1.54) is 0 Å². The van der Waals surface area contributed by atoms with Gasteiger partial charge >= 0.3 is 0 Å². The zero-order chi connectivity index (χ0) is 15.7. The van der Waals surface area contributed by atoms with Crippen molar-refractivity contribution >= 4 is 11.8 Å². The molecule has 1 unspecified atom stereocenters. The first-order valence-corrected chi connectivity index (χ1v) is 8.40. The number of amides is 2. The van der Waals surface area contributed by atoms with Crippen LogP contribution in [0.25, 0.3) is 0 Å². The lowest BCUT2D eigenvalue weighted by Gasteiger charge is -2.33. The van der Waals surface area contributed by atoms with Crippen molar-refractivity contribution in [2.24, 2.45) is 17.6 Å². The van der Waals surface area contributed by atoms with Gasteiger partial charge in [-0.1, -0.05) is 26.7 Å². The fourth-order valence-corrected chi connectivity index (χ4v) is 2.84. The van der Waals surface area contributed by atoms with Crippen molar-refractivity contribution in [1.82, 2.24) is 10.2 Å². The normalized spacial score (nSPS) is 17.6. The van der Waals surface area contributed by atoms with Crippen molar-refractivity contribution in [3.8, 4) is 0 Å². The molecule has 0 aromatic carbocycles. The van der Waals surface area contributed by atoms with Gasteiger partial charge in [-0.2, -0.15) is 0 Å². The zero-order valence-corrected chi connectivity index (χ0v) is 13.6. The molecule has 2 amide bonds. The topological polar surface area (TPSA) is 75.4 Å². The molecular formula is C16H31N3O2. The highest BCUT2D eigenvalue weighted by atomic mass is 16.2. The van der Waals surface area contributed by atoms with E-state index >= 15 is 0 Å². The number of carbonyl (C=O) groups excluding carboxylic acids is 2. The highest BCUT2D eigenvalue weighted by Gasteiger charge is 2.29. The second kappa shape index (κ2) is 9.77. The molecule has 5 heteroatoms. The summed E-state index contributed by atoms with van der Waals surface area (Å²) in [4.78, 5) is 26.3. The summed E-state index contributed by atoms with van der Waals surface area (Å²) >= 11 is 0. The molecule has 0 radical (unpaired) electrons. The third-order valence-electron chi connectivity index (χ3n) is 4.28. The Hall–Kier alpha value is -1.10. The maximum absolute atomic E-state index is 12.4. The van der Waals surface area contributed by atoms with Gasteiger partial charge in [-0.05, 0) is 25.7 Å². The minimum Gasteiger partial charge on any atom is -0.356 e. The van der Waals surface area contributed by atoms with Crippen LogP contribution in [0.4, 0.5) is 0 Å². The summed E-state index contributed by atoms with van der Waals surface area (Å²) in [5.41, 5.74) is 5.70. The summed E-state index contributed by atoms with van der Waals surface area (Å²) in [7, 11) is 0. The highest BCUT2D eigenvalue weighted by Crippen LogP contribution is 2.20. The van der Waals surface area contributed by atoms with Crippen LogP contribution in [0.5, 0.6) is 0 Å². The van der Waals surface area contributed by atoms with Crippen molar-refractivity contribution in [3.05, 3.63) is 0 Å². The Bertz CT molecular complexity index is 325. The molecule has 1 saturated heterocycles. The van der Waals surface area contributed by atoms with Crippen LogP contribution in [-0.2, 0) is 9.59 Å². The van der Waals surface area contributed by atoms with Crippen LogP contribution in [0.15, 0.2) is 0 Å². The number of likely N-dealkylation sites (tertiary alicyclic amines) is 1. The molecule has 0 aromatic rings. The van der Waals surface area contributed by atoms with E-state index in [0.717, 1.165) is 45.1 Å². The predicted molar refractivity (Wildman–Crippen MR) is 84.7 cm³/mol. The number of carbonyl (C=O) groups is 2. The number of rotatable bonds is 8. The molecule has 0 aliphatic carbocycles. The van der Waals surface area contributed by atoms with Gasteiger partial charge in [-0.3, -0.25) is 9.59 Å². The van der Waals surface area contributed by atoms with Crippen molar-refractivity contribution in [2.45, 2.75) is 52.4 Å². The monoisotopic (exact) mass is 297 g/mol. The second-order valence-corrected chi connectivity index (χ2v) is 5.97. The lowest BCUT2D eigenvalue weighted by molar-refractivity contribution is -0.139. The Morgan fingerprint density at radius 2 is 1.90 bits per heavy atom. The van der Waals surface area contributed by atoms with Crippen molar-refractivity contribution in [3.63, 3.8) is 0 Å². The van der Waals surface area contributed by atoms with Crippen molar-refractivity contribution < 1.29 is 9.59 Å². The molecule has 1 aliphatic heterocycles. The van der Waals surface area contributed by atoms with Gasteiger partial charge in [0.1, 0.15) is 0 Å². The summed E-state index contributed by atoms with van der Waals surface area (Å²) in [6.07, 6.45) is 5.49. The number of hydrogen-bond donors (Lipinski definition) is 2. The molecule has 0 bridgehead atoms. The molecule has 0 spiro atoms. The second-order valence-electron chi connectivity index (χ2n) is 5.97. The molecule has 1 heterocycles. The zero-order valence-electron chi connectivity index (χ0n) is 13.6. The summed E-state index contributed by atoms with van der Waals surface area (Å²) in [5, 5.41) is 2.99. The summed E-state index contributed by atoms with van der Waals surface area (Å²) < 4.78 is 0. The van der Waals surface area contributed by atoms with Gasteiger partial charge in [0.05, 0.1) is 5.92 Å². The van der Waals surface area contributed by atoms with Crippen LogP contribution >= 0.6 is 0 Å². The van der Waals surface area contributed by atoms with Crippen LogP contribution in [0.2, 0.25) is 0 Å². The number of nitrogens with zero attached hydrogens (tertiary/aromatic N) is 1. The summed E-state index contributed by atoms with van der Waals surface area (Å²) in [6, 6.07) is 0. The van der Waals surface area contributed by atoms with Gasteiger partial charge in [-0.25, -0.2) is 0 Å². The lowest BCUT2D eigenvalue weighted by Crippen LogP contribution is -2.46. The Labute approximate surface area is 128 Å². The average molecular weight is 297 g/mol. The molecule has 21 heavy (non-hydrogen) atoms. The largest absolute Gasteiger partial charge is 0.356 e. The number of piperidine rings is 1. The smallest absolute Gasteiger partial charge is 0.226 e. The molecule has 3 N–H and O–H groups in total. The van der Waals surface area contributed by atoms with Crippen molar-refractivity contribution in [2.75, 3.05) is 26.2 Å². The van der Waals surface area contributed by atoms with Gasteiger partial charge in [-0.15, -0.1) is 0 Å². The van der Waals surface area contributed by atoms with Crippen molar-refractivity contribution in [1.29, 1.82) is 0 Å². The first-order valence-electron chi connectivity index (χ1n) is 8.40. The first kappa shape index (κ1) is 18.0. The molecule has 1 aliphatic rings. The third-order valence-corrected chi connectivity index (χ3v) is 4.28. The number of nitrogens with one attached hydrogen (secondary N) is 1. The molecule has 1 fully saturated rings. The van der Waals surface area contributed by atoms with E-state index in [0.29, 0.717) is 19.6 Å². The molecule has 122 valence electrons. The van der Waals surface area contributed by atoms with Gasteiger partial charge in [0, 0.05) is 32.1 Å². The van der Waals surface area contributed by atoms with E-state index in [1.54, 1.807) is 0 Å². The molecule has 5 nitrogen and oxygen atoms in total. The third kappa shape index (κ3) is 5.65. The SMILES string of the molecule is CCCCNC(=O)C1CCN(C(=O)C(CN)CCC)CC1. The van der Waals surface area contributed by atoms with Gasteiger partial charge in [0.25, 0.3) is 0 Å². The maximum atomic E-state index is 12.4. The van der Waals surface area contributed by atoms with E-state index in [2.05, 4.69) is 19.2 Å². The Balaban J connectivity index is 2.37. The van der Waals surface area contributed by atoms with Crippen LogP contribution in [0.3, 0.4) is 0 Å². The number of unbranched alkanes of at least 4 members (excludes halogenated alkanes) is 1. The average Bonchev–Trinajstić information content (AvgIpc) is 2.52. The minimum absolute atomic E-state index is 0.0510. The molecule has 1 atom stereocenters. The van der Waals surface area contributed by atoms with E-state index in [-0.39, 0.29) is 23.7 Å². The van der Waals surface area contributed by atoms with E-state index in [1.807, 2.05) is 4.90 Å². The Morgan fingerprint density at radius 3 is 2.43 bits per heavy atom. The Morgan fingerprint density at radius 1 is 1.24 bits per heavy atom. The summed E-state index contributed by atoms with van der Waals surface area (Å²) in [5.74, 6) is 0.335. The lowest BCUT2D eigenvalue weighted by atomic mass is 9.94. The standard InChI is InChI=1S/C16H31N3O2/c1-3-5-9-18-15(20)13-7-10-19(11-8-13)16(21)14(12-17)6-4-2/h13-14H,3-12,17H2,1-2H3,(H,18,20). The van der Waals surface area contributed by atoms with Gasteiger partial charge in [0.2, 0.25) is 11.8 Å². The van der Waals surface area contributed by atoms with Crippen LogP contribution in [-0.4, -0.2) is 42.9 Å². The minimum atomic E-state index is -0.0510. The van der Waals surface area contributed by atoms with Crippen LogP contribution in [0.1, 0.15) is 52.4 Å². The quantitative estimate of drug-likeness (QED) is 0.667. The molecule has 1 rings (SSSR count). The van der Waals surface area contributed by atoms with E-state index < -0.39 is 0 Å². The summed E-state index contributed by atoms with van der Waals surface area (Å²) in [6.45, 7) is 6.74. The maximum Gasteiger partial charge on any atom is 0.226 e. The molecule has 0 saturated carbocycles. The fraction of sp³-hybridized carbons (Fsp3) is 0.875. The first-order chi connectivity index (χ1) is 10.1. The number of nitrogens with two attached hydrogens (primary N) is 1. The van der Waals surface area contributed by atoms with Gasteiger partial charge in [0.15, 0.2) is 0 Å². The van der Waals surface area contributed by atoms with Gasteiger partial charge < -0.3 is 16.0 Å². The van der Waals surface area contributed by atoms with E-state index in [9.17, 15) is 9.59 Å².